The second-order valence-electron chi connectivity index (χ2n) is 6.64. The van der Waals surface area contributed by atoms with Crippen LogP contribution in [0, 0.1) is 23.7 Å². The fourth-order valence-corrected chi connectivity index (χ4v) is 3.71. The normalized spacial score (nSPS) is 31.9. The fourth-order valence-electron chi connectivity index (χ4n) is 3.71. The quantitative estimate of drug-likeness (QED) is 0.740. The first-order valence-corrected chi connectivity index (χ1v) is 7.48. The number of esters is 1. The molecule has 104 valence electrons. The predicted octanol–water partition coefficient (Wildman–Crippen LogP) is 2.73. The fraction of sp³-hybridized carbons (Fsp3) is 0.933. The molecule has 0 radical (unpaired) electrons. The van der Waals surface area contributed by atoms with Gasteiger partial charge in [0.05, 0.1) is 0 Å². The number of carbonyl (C=O) groups is 1. The molecule has 2 N–H and O–H groups in total. The molecule has 3 nitrogen and oxygen atoms in total. The van der Waals surface area contributed by atoms with E-state index in [4.69, 9.17) is 10.5 Å². The first-order valence-electron chi connectivity index (χ1n) is 7.48. The molecule has 3 unspecified atom stereocenters. The lowest BCUT2D eigenvalue weighted by molar-refractivity contribution is -0.152. The van der Waals surface area contributed by atoms with Crippen molar-refractivity contribution in [3.8, 4) is 0 Å². The van der Waals surface area contributed by atoms with Crippen molar-refractivity contribution in [3.05, 3.63) is 0 Å². The van der Waals surface area contributed by atoms with Gasteiger partial charge in [-0.2, -0.15) is 0 Å². The zero-order valence-corrected chi connectivity index (χ0v) is 11.7. The topological polar surface area (TPSA) is 52.3 Å². The molecule has 2 aliphatic rings. The van der Waals surface area contributed by atoms with Crippen molar-refractivity contribution in [2.75, 3.05) is 6.54 Å². The average molecular weight is 253 g/mol. The van der Waals surface area contributed by atoms with Crippen LogP contribution >= 0.6 is 0 Å². The van der Waals surface area contributed by atoms with Gasteiger partial charge in [-0.1, -0.05) is 13.8 Å². The predicted molar refractivity (Wildman–Crippen MR) is 71.9 cm³/mol. The number of fused-ring (bicyclic) bond motifs is 2. The minimum absolute atomic E-state index is 0.0244. The van der Waals surface area contributed by atoms with Crippen molar-refractivity contribution >= 4 is 5.97 Å². The second-order valence-corrected chi connectivity index (χ2v) is 6.64. The summed E-state index contributed by atoms with van der Waals surface area (Å²) in [7, 11) is 0. The molecule has 0 spiro atoms. The maximum atomic E-state index is 11.9. The van der Waals surface area contributed by atoms with Gasteiger partial charge in [-0.15, -0.1) is 0 Å². The SMILES string of the molecule is CC(C)C[C@H](CN)CC(=O)OC1CC2CCC1C2. The average Bonchev–Trinajstić information content (AvgIpc) is 2.89. The monoisotopic (exact) mass is 253 g/mol. The van der Waals surface area contributed by atoms with Crippen LogP contribution in [0.4, 0.5) is 0 Å². The molecule has 0 aliphatic heterocycles. The van der Waals surface area contributed by atoms with Gasteiger partial charge in [0.15, 0.2) is 0 Å². The van der Waals surface area contributed by atoms with Gasteiger partial charge in [0, 0.05) is 6.42 Å². The summed E-state index contributed by atoms with van der Waals surface area (Å²) in [5.74, 6) is 2.34. The first-order chi connectivity index (χ1) is 8.58. The van der Waals surface area contributed by atoms with E-state index in [1.807, 2.05) is 0 Å². The van der Waals surface area contributed by atoms with Crippen molar-refractivity contribution in [3.63, 3.8) is 0 Å². The summed E-state index contributed by atoms with van der Waals surface area (Å²) >= 11 is 0. The van der Waals surface area contributed by atoms with Crippen LogP contribution in [0.25, 0.3) is 0 Å². The lowest BCUT2D eigenvalue weighted by Gasteiger charge is -2.23. The van der Waals surface area contributed by atoms with E-state index in [9.17, 15) is 4.79 Å². The summed E-state index contributed by atoms with van der Waals surface area (Å²) < 4.78 is 5.66. The van der Waals surface area contributed by atoms with Crippen molar-refractivity contribution in [1.29, 1.82) is 0 Å². The Morgan fingerprint density at radius 1 is 1.33 bits per heavy atom. The van der Waals surface area contributed by atoms with Crippen molar-refractivity contribution in [2.45, 2.75) is 58.5 Å². The molecule has 0 amide bonds. The summed E-state index contributed by atoms with van der Waals surface area (Å²) in [5, 5.41) is 0. The molecule has 3 heteroatoms. The number of ether oxygens (including phenoxy) is 1. The Morgan fingerprint density at radius 3 is 2.61 bits per heavy atom. The van der Waals surface area contributed by atoms with Crippen molar-refractivity contribution in [2.24, 2.45) is 29.4 Å². The summed E-state index contributed by atoms with van der Waals surface area (Å²) in [6, 6.07) is 0. The highest BCUT2D eigenvalue weighted by Crippen LogP contribution is 2.46. The molecule has 0 aromatic heterocycles. The van der Waals surface area contributed by atoms with Gasteiger partial charge >= 0.3 is 5.97 Å². The van der Waals surface area contributed by atoms with Crippen LogP contribution in [0.15, 0.2) is 0 Å². The smallest absolute Gasteiger partial charge is 0.306 e. The second kappa shape index (κ2) is 6.05. The number of hydrogen-bond donors (Lipinski definition) is 1. The molecular weight excluding hydrogens is 226 g/mol. The third-order valence-electron chi connectivity index (χ3n) is 4.55. The standard InChI is InChI=1S/C15H27NO2/c1-10(2)5-12(9-16)8-15(17)18-14-7-11-3-4-13(14)6-11/h10-14H,3-9,16H2,1-2H3/t11?,12-,13?,14?/m0/s1. The number of rotatable bonds is 6. The molecule has 2 rings (SSSR count). The maximum Gasteiger partial charge on any atom is 0.306 e. The highest BCUT2D eigenvalue weighted by Gasteiger charge is 2.41. The number of carbonyl (C=O) groups excluding carboxylic acids is 1. The maximum absolute atomic E-state index is 11.9. The van der Waals surface area contributed by atoms with E-state index in [1.54, 1.807) is 0 Å². The Kier molecular flexibility index (Phi) is 4.66. The summed E-state index contributed by atoms with van der Waals surface area (Å²) in [6.45, 7) is 4.93. The van der Waals surface area contributed by atoms with Crippen LogP contribution in [0.2, 0.25) is 0 Å². The Balaban J connectivity index is 1.74. The summed E-state index contributed by atoms with van der Waals surface area (Å²) in [4.78, 5) is 11.9. The van der Waals surface area contributed by atoms with E-state index < -0.39 is 0 Å². The van der Waals surface area contributed by atoms with E-state index in [0.29, 0.717) is 24.8 Å². The highest BCUT2D eigenvalue weighted by atomic mass is 16.5. The number of hydrogen-bond acceptors (Lipinski definition) is 3. The van der Waals surface area contributed by atoms with Crippen LogP contribution in [-0.4, -0.2) is 18.6 Å². The molecular formula is C15H27NO2. The number of nitrogens with two attached hydrogens (primary N) is 1. The van der Waals surface area contributed by atoms with Gasteiger partial charge in [0.25, 0.3) is 0 Å². The summed E-state index contributed by atoms with van der Waals surface area (Å²) in [6.07, 6.45) is 6.73. The van der Waals surface area contributed by atoms with Crippen LogP contribution in [0.1, 0.15) is 52.4 Å². The van der Waals surface area contributed by atoms with Crippen molar-refractivity contribution < 1.29 is 9.53 Å². The molecule has 0 aromatic carbocycles. The minimum Gasteiger partial charge on any atom is -0.462 e. The lowest BCUT2D eigenvalue weighted by Crippen LogP contribution is -2.27. The Morgan fingerprint density at radius 2 is 2.11 bits per heavy atom. The van der Waals surface area contributed by atoms with Crippen molar-refractivity contribution in [1.82, 2.24) is 0 Å². The third kappa shape index (κ3) is 3.47. The van der Waals surface area contributed by atoms with E-state index >= 15 is 0 Å². The summed E-state index contributed by atoms with van der Waals surface area (Å²) in [5.41, 5.74) is 5.73. The largest absolute Gasteiger partial charge is 0.462 e. The van der Waals surface area contributed by atoms with Gasteiger partial charge in [0.1, 0.15) is 6.10 Å². The molecule has 2 fully saturated rings. The van der Waals surface area contributed by atoms with Gasteiger partial charge in [-0.05, 0) is 62.3 Å². The van der Waals surface area contributed by atoms with Gasteiger partial charge < -0.3 is 10.5 Å². The van der Waals surface area contributed by atoms with E-state index in [2.05, 4.69) is 13.8 Å². The Bertz CT molecular complexity index is 290. The highest BCUT2D eigenvalue weighted by molar-refractivity contribution is 5.70. The zero-order chi connectivity index (χ0) is 13.1. The van der Waals surface area contributed by atoms with Gasteiger partial charge in [0.2, 0.25) is 0 Å². The molecule has 18 heavy (non-hydrogen) atoms. The van der Waals surface area contributed by atoms with Gasteiger partial charge in [-0.3, -0.25) is 4.79 Å². The molecule has 0 heterocycles. The van der Waals surface area contributed by atoms with E-state index in [0.717, 1.165) is 18.8 Å². The molecule has 2 bridgehead atoms. The lowest BCUT2D eigenvalue weighted by atomic mass is 9.94. The van der Waals surface area contributed by atoms with Crippen LogP contribution in [0.5, 0.6) is 0 Å². The minimum atomic E-state index is -0.0244. The molecule has 0 saturated heterocycles. The molecule has 4 atom stereocenters. The zero-order valence-electron chi connectivity index (χ0n) is 11.7. The van der Waals surface area contributed by atoms with E-state index in [-0.39, 0.29) is 18.0 Å². The Hall–Kier alpha value is -0.570. The van der Waals surface area contributed by atoms with Crippen LogP contribution in [0.3, 0.4) is 0 Å². The third-order valence-corrected chi connectivity index (χ3v) is 4.55. The Labute approximate surface area is 110 Å². The molecule has 0 aromatic rings. The van der Waals surface area contributed by atoms with Gasteiger partial charge in [-0.25, -0.2) is 0 Å². The molecule has 2 saturated carbocycles. The molecule has 2 aliphatic carbocycles. The first kappa shape index (κ1) is 13.9. The van der Waals surface area contributed by atoms with Crippen LogP contribution in [-0.2, 0) is 9.53 Å². The van der Waals surface area contributed by atoms with Crippen LogP contribution < -0.4 is 5.73 Å². The van der Waals surface area contributed by atoms with E-state index in [1.165, 1.54) is 19.3 Å².